The van der Waals surface area contributed by atoms with Crippen LogP contribution in [-0.2, 0) is 0 Å². The van der Waals surface area contributed by atoms with E-state index in [1.54, 1.807) is 6.92 Å². The number of rotatable bonds is 2. The number of carbonyl (C=O) groups excluding carboxylic acids is 3. The summed E-state index contributed by atoms with van der Waals surface area (Å²) in [5.74, 6) is -1.21. The summed E-state index contributed by atoms with van der Waals surface area (Å²) in [5.41, 5.74) is 1.07. The van der Waals surface area contributed by atoms with E-state index in [9.17, 15) is 19.2 Å². The largest absolute Gasteiger partial charge is 0.427 e. The highest BCUT2D eigenvalue weighted by molar-refractivity contribution is 6.22. The third-order valence-electron chi connectivity index (χ3n) is 3.56. The van der Waals surface area contributed by atoms with Crippen LogP contribution in [0.25, 0.3) is 0 Å². The standard InChI is InChI=1S/C16H12N2O5/c1-7-5-12(19)23-8(2)13(7)16(22)17-9-3-4-10-11(6-9)15(21)18-14(10)20/h3-6H,1-2H3,(H,17,22)(H,18,20,21). The topological polar surface area (TPSA) is 105 Å². The number of fused-ring (bicyclic) bond motifs is 1. The summed E-state index contributed by atoms with van der Waals surface area (Å²) in [6, 6.07) is 5.66. The zero-order valence-electron chi connectivity index (χ0n) is 12.4. The van der Waals surface area contributed by atoms with Gasteiger partial charge in [-0.15, -0.1) is 0 Å². The van der Waals surface area contributed by atoms with Crippen molar-refractivity contribution >= 4 is 23.4 Å². The van der Waals surface area contributed by atoms with E-state index in [2.05, 4.69) is 10.6 Å². The summed E-state index contributed by atoms with van der Waals surface area (Å²) in [7, 11) is 0. The fraction of sp³-hybridized carbons (Fsp3) is 0.125. The second kappa shape index (κ2) is 5.20. The number of hydrogen-bond acceptors (Lipinski definition) is 5. The summed E-state index contributed by atoms with van der Waals surface area (Å²) in [5, 5.41) is 4.81. The molecule has 1 aliphatic heterocycles. The summed E-state index contributed by atoms with van der Waals surface area (Å²) >= 11 is 0. The van der Waals surface area contributed by atoms with Gasteiger partial charge in [-0.2, -0.15) is 0 Å². The van der Waals surface area contributed by atoms with Crippen molar-refractivity contribution in [2.24, 2.45) is 0 Å². The van der Waals surface area contributed by atoms with E-state index in [0.717, 1.165) is 0 Å². The Bertz CT molecular complexity index is 900. The van der Waals surface area contributed by atoms with Gasteiger partial charge in [-0.25, -0.2) is 4.79 Å². The Morgan fingerprint density at radius 2 is 1.74 bits per heavy atom. The fourth-order valence-electron chi connectivity index (χ4n) is 2.54. The van der Waals surface area contributed by atoms with E-state index in [1.165, 1.54) is 31.2 Å². The quantitative estimate of drug-likeness (QED) is 0.815. The minimum absolute atomic E-state index is 0.209. The number of amides is 3. The molecule has 0 atom stereocenters. The average molecular weight is 312 g/mol. The maximum atomic E-state index is 12.4. The van der Waals surface area contributed by atoms with Crippen LogP contribution in [0.4, 0.5) is 5.69 Å². The van der Waals surface area contributed by atoms with Gasteiger partial charge in [0, 0.05) is 11.8 Å². The lowest BCUT2D eigenvalue weighted by Crippen LogP contribution is -2.20. The molecule has 0 saturated carbocycles. The first-order valence-electron chi connectivity index (χ1n) is 6.79. The molecule has 0 aliphatic carbocycles. The maximum Gasteiger partial charge on any atom is 0.336 e. The molecule has 0 radical (unpaired) electrons. The molecule has 7 nitrogen and oxygen atoms in total. The third-order valence-corrected chi connectivity index (χ3v) is 3.56. The number of nitrogens with one attached hydrogen (secondary N) is 2. The Kier molecular flexibility index (Phi) is 3.33. The van der Waals surface area contributed by atoms with Crippen molar-refractivity contribution in [3.8, 4) is 0 Å². The molecule has 116 valence electrons. The number of imide groups is 1. The van der Waals surface area contributed by atoms with Gasteiger partial charge in [0.05, 0.1) is 16.7 Å². The van der Waals surface area contributed by atoms with Gasteiger partial charge in [0.2, 0.25) is 0 Å². The number of carbonyl (C=O) groups is 3. The smallest absolute Gasteiger partial charge is 0.336 e. The number of hydrogen-bond donors (Lipinski definition) is 2. The highest BCUT2D eigenvalue weighted by Crippen LogP contribution is 2.21. The van der Waals surface area contributed by atoms with Crippen LogP contribution in [0, 0.1) is 13.8 Å². The molecule has 1 aromatic carbocycles. The van der Waals surface area contributed by atoms with Crippen molar-refractivity contribution in [3.63, 3.8) is 0 Å². The van der Waals surface area contributed by atoms with Gasteiger partial charge in [-0.3, -0.25) is 19.7 Å². The molecule has 2 aromatic rings. The van der Waals surface area contributed by atoms with Crippen molar-refractivity contribution in [2.75, 3.05) is 5.32 Å². The van der Waals surface area contributed by atoms with E-state index in [1.807, 2.05) is 0 Å². The lowest BCUT2D eigenvalue weighted by atomic mass is 10.1. The van der Waals surface area contributed by atoms with E-state index < -0.39 is 23.3 Å². The van der Waals surface area contributed by atoms with Crippen LogP contribution in [-0.4, -0.2) is 17.7 Å². The first kappa shape index (κ1) is 14.7. The minimum atomic E-state index is -0.524. The molecule has 1 aliphatic rings. The van der Waals surface area contributed by atoms with Gasteiger partial charge in [0.15, 0.2) is 0 Å². The lowest BCUT2D eigenvalue weighted by Gasteiger charge is -2.09. The van der Waals surface area contributed by atoms with E-state index >= 15 is 0 Å². The molecule has 0 saturated heterocycles. The van der Waals surface area contributed by atoms with Crippen LogP contribution in [0.5, 0.6) is 0 Å². The molecule has 1 aromatic heterocycles. The zero-order chi connectivity index (χ0) is 16.7. The monoisotopic (exact) mass is 312 g/mol. The van der Waals surface area contributed by atoms with Crippen molar-refractivity contribution in [3.05, 3.63) is 62.7 Å². The SMILES string of the molecule is Cc1cc(=O)oc(C)c1C(=O)Nc1ccc2c(c1)C(=O)NC2=O. The van der Waals surface area contributed by atoms with Gasteiger partial charge in [0.1, 0.15) is 5.76 Å². The van der Waals surface area contributed by atoms with E-state index in [-0.39, 0.29) is 22.5 Å². The third kappa shape index (κ3) is 2.52. The minimum Gasteiger partial charge on any atom is -0.427 e. The van der Waals surface area contributed by atoms with Gasteiger partial charge >= 0.3 is 5.63 Å². The van der Waals surface area contributed by atoms with Crippen LogP contribution < -0.4 is 16.3 Å². The molecule has 2 heterocycles. The number of aryl methyl sites for hydroxylation is 2. The number of anilines is 1. The predicted molar refractivity (Wildman–Crippen MR) is 80.6 cm³/mol. The second-order valence-corrected chi connectivity index (χ2v) is 5.18. The van der Waals surface area contributed by atoms with Gasteiger partial charge < -0.3 is 9.73 Å². The van der Waals surface area contributed by atoms with E-state index in [0.29, 0.717) is 11.3 Å². The molecule has 3 rings (SSSR count). The Morgan fingerprint density at radius 1 is 1.04 bits per heavy atom. The highest BCUT2D eigenvalue weighted by atomic mass is 16.4. The van der Waals surface area contributed by atoms with Gasteiger partial charge in [-0.05, 0) is 37.6 Å². The molecule has 2 N–H and O–H groups in total. The number of benzene rings is 1. The molecule has 23 heavy (non-hydrogen) atoms. The summed E-state index contributed by atoms with van der Waals surface area (Å²) < 4.78 is 4.93. The van der Waals surface area contributed by atoms with Crippen molar-refractivity contribution in [1.29, 1.82) is 0 Å². The first-order valence-corrected chi connectivity index (χ1v) is 6.79. The van der Waals surface area contributed by atoms with Crippen molar-refractivity contribution < 1.29 is 18.8 Å². The van der Waals surface area contributed by atoms with Gasteiger partial charge in [0.25, 0.3) is 17.7 Å². The molecule has 7 heteroatoms. The Labute approximate surface area is 130 Å². The predicted octanol–water partition coefficient (Wildman–Crippen LogP) is 1.39. The summed E-state index contributed by atoms with van der Waals surface area (Å²) in [6.07, 6.45) is 0. The molecular weight excluding hydrogens is 300 g/mol. The lowest BCUT2D eigenvalue weighted by molar-refractivity contribution is 0.0878. The van der Waals surface area contributed by atoms with Crippen molar-refractivity contribution in [1.82, 2.24) is 5.32 Å². The highest BCUT2D eigenvalue weighted by Gasteiger charge is 2.27. The van der Waals surface area contributed by atoms with Gasteiger partial charge in [-0.1, -0.05) is 0 Å². The molecule has 0 unspecified atom stereocenters. The Balaban J connectivity index is 1.93. The van der Waals surface area contributed by atoms with Crippen LogP contribution in [0.3, 0.4) is 0 Å². The van der Waals surface area contributed by atoms with E-state index in [4.69, 9.17) is 4.42 Å². The molecule has 0 bridgehead atoms. The normalized spacial score (nSPS) is 12.8. The second-order valence-electron chi connectivity index (χ2n) is 5.18. The van der Waals surface area contributed by atoms with Crippen LogP contribution in [0.15, 0.2) is 33.5 Å². The molecular formula is C16H12N2O5. The maximum absolute atomic E-state index is 12.4. The average Bonchev–Trinajstić information content (AvgIpc) is 2.72. The van der Waals surface area contributed by atoms with Crippen molar-refractivity contribution in [2.45, 2.75) is 13.8 Å². The fourth-order valence-corrected chi connectivity index (χ4v) is 2.54. The van der Waals surface area contributed by atoms with Crippen LogP contribution in [0.1, 0.15) is 42.4 Å². The first-order chi connectivity index (χ1) is 10.9. The molecule has 0 fully saturated rings. The molecule has 0 spiro atoms. The molecule has 3 amide bonds. The Morgan fingerprint density at radius 3 is 2.43 bits per heavy atom. The summed E-state index contributed by atoms with van der Waals surface area (Å²) in [4.78, 5) is 46.8. The zero-order valence-corrected chi connectivity index (χ0v) is 12.4. The Hall–Kier alpha value is -3.22. The summed E-state index contributed by atoms with van der Waals surface area (Å²) in [6.45, 7) is 3.16. The van der Waals surface area contributed by atoms with Crippen LogP contribution in [0.2, 0.25) is 0 Å². The van der Waals surface area contributed by atoms with Crippen LogP contribution >= 0.6 is 0 Å².